The third kappa shape index (κ3) is 2.57. The molecule has 0 atom stereocenters. The SMILES string of the molecule is Cc1cc(Br)c(CC[N+](=O)[O-])s1. The van der Waals surface area contributed by atoms with Crippen LogP contribution in [0.15, 0.2) is 10.5 Å². The van der Waals surface area contributed by atoms with Crippen molar-refractivity contribution in [3.63, 3.8) is 0 Å². The molecular weight excluding hydrogens is 242 g/mol. The molecule has 0 radical (unpaired) electrons. The van der Waals surface area contributed by atoms with E-state index in [9.17, 15) is 10.1 Å². The van der Waals surface area contributed by atoms with Crippen LogP contribution in [0.5, 0.6) is 0 Å². The fourth-order valence-electron chi connectivity index (χ4n) is 0.895. The van der Waals surface area contributed by atoms with Gasteiger partial charge in [-0.15, -0.1) is 11.3 Å². The van der Waals surface area contributed by atoms with Crippen molar-refractivity contribution in [1.29, 1.82) is 0 Å². The molecule has 0 bridgehead atoms. The average molecular weight is 250 g/mol. The normalized spacial score (nSPS) is 10.2. The Bertz CT molecular complexity index is 298. The van der Waals surface area contributed by atoms with Crippen LogP contribution in [0.25, 0.3) is 0 Å². The molecule has 0 N–H and O–H groups in total. The Morgan fingerprint density at radius 1 is 1.75 bits per heavy atom. The molecule has 3 nitrogen and oxygen atoms in total. The van der Waals surface area contributed by atoms with E-state index in [1.54, 1.807) is 11.3 Å². The smallest absolute Gasteiger partial charge is 0.208 e. The molecule has 12 heavy (non-hydrogen) atoms. The Hall–Kier alpha value is -0.420. The first kappa shape index (κ1) is 9.67. The van der Waals surface area contributed by atoms with Gasteiger partial charge in [0.25, 0.3) is 0 Å². The van der Waals surface area contributed by atoms with E-state index in [1.165, 1.54) is 4.88 Å². The monoisotopic (exact) mass is 249 g/mol. The molecule has 0 saturated heterocycles. The van der Waals surface area contributed by atoms with Crippen molar-refractivity contribution >= 4 is 27.3 Å². The maximum atomic E-state index is 10.1. The number of hydrogen-bond acceptors (Lipinski definition) is 3. The second-order valence-corrected chi connectivity index (χ2v) is 4.63. The second-order valence-electron chi connectivity index (χ2n) is 2.43. The van der Waals surface area contributed by atoms with E-state index in [1.807, 2.05) is 13.0 Å². The minimum atomic E-state index is -0.290. The van der Waals surface area contributed by atoms with Gasteiger partial charge in [-0.3, -0.25) is 10.1 Å². The van der Waals surface area contributed by atoms with Gasteiger partial charge in [0.2, 0.25) is 6.54 Å². The minimum Gasteiger partial charge on any atom is -0.265 e. The Morgan fingerprint density at radius 3 is 2.83 bits per heavy atom. The van der Waals surface area contributed by atoms with Gasteiger partial charge < -0.3 is 0 Å². The van der Waals surface area contributed by atoms with Crippen molar-refractivity contribution in [3.05, 3.63) is 30.4 Å². The summed E-state index contributed by atoms with van der Waals surface area (Å²) in [6, 6.07) is 1.99. The number of thiophene rings is 1. The fourth-order valence-corrected chi connectivity index (χ4v) is 2.75. The molecular formula is C7H8BrNO2S. The highest BCUT2D eigenvalue weighted by Crippen LogP contribution is 2.26. The summed E-state index contributed by atoms with van der Waals surface area (Å²) >= 11 is 4.96. The Morgan fingerprint density at radius 2 is 2.42 bits per heavy atom. The number of hydrogen-bond donors (Lipinski definition) is 0. The van der Waals surface area contributed by atoms with Gasteiger partial charge in [-0.1, -0.05) is 0 Å². The zero-order chi connectivity index (χ0) is 9.14. The van der Waals surface area contributed by atoms with E-state index in [0.29, 0.717) is 6.42 Å². The lowest BCUT2D eigenvalue weighted by Crippen LogP contribution is -2.02. The molecule has 0 fully saturated rings. The van der Waals surface area contributed by atoms with Crippen molar-refractivity contribution in [2.75, 3.05) is 6.54 Å². The largest absolute Gasteiger partial charge is 0.265 e. The molecule has 0 aliphatic heterocycles. The number of rotatable bonds is 3. The number of nitrogens with zero attached hydrogens (tertiary/aromatic N) is 1. The lowest BCUT2D eigenvalue weighted by Gasteiger charge is -1.91. The molecule has 0 spiro atoms. The first-order chi connectivity index (χ1) is 5.59. The van der Waals surface area contributed by atoms with Crippen LogP contribution in [0.3, 0.4) is 0 Å². The number of aryl methyl sites for hydroxylation is 1. The summed E-state index contributed by atoms with van der Waals surface area (Å²) in [5.74, 6) is 0. The van der Waals surface area contributed by atoms with Crippen LogP contribution in [-0.2, 0) is 6.42 Å². The Kier molecular flexibility index (Phi) is 3.22. The maximum absolute atomic E-state index is 10.1. The zero-order valence-electron chi connectivity index (χ0n) is 6.54. The zero-order valence-corrected chi connectivity index (χ0v) is 8.94. The van der Waals surface area contributed by atoms with Crippen molar-refractivity contribution in [2.45, 2.75) is 13.3 Å². The molecule has 66 valence electrons. The standard InChI is InChI=1S/C7H8BrNO2S/c1-5-4-6(8)7(12-5)2-3-9(10)11/h4H,2-3H2,1H3. The van der Waals surface area contributed by atoms with E-state index >= 15 is 0 Å². The van der Waals surface area contributed by atoms with Gasteiger partial charge >= 0.3 is 0 Å². The van der Waals surface area contributed by atoms with Crippen molar-refractivity contribution < 1.29 is 4.92 Å². The molecule has 0 aliphatic carbocycles. The van der Waals surface area contributed by atoms with Crippen molar-refractivity contribution in [2.24, 2.45) is 0 Å². The molecule has 1 heterocycles. The van der Waals surface area contributed by atoms with Crippen LogP contribution in [0.4, 0.5) is 0 Å². The van der Waals surface area contributed by atoms with E-state index in [4.69, 9.17) is 0 Å². The van der Waals surface area contributed by atoms with Crippen LogP contribution in [-0.4, -0.2) is 11.5 Å². The molecule has 1 rings (SSSR count). The van der Waals surface area contributed by atoms with Crippen molar-refractivity contribution in [3.8, 4) is 0 Å². The van der Waals surface area contributed by atoms with Crippen LogP contribution in [0, 0.1) is 17.0 Å². The predicted molar refractivity (Wildman–Crippen MR) is 52.3 cm³/mol. The fraction of sp³-hybridized carbons (Fsp3) is 0.429. The Balaban J connectivity index is 2.62. The molecule has 1 aromatic heterocycles. The molecule has 0 aromatic carbocycles. The minimum absolute atomic E-state index is 0.0125. The summed E-state index contributed by atoms with van der Waals surface area (Å²) < 4.78 is 0.992. The highest BCUT2D eigenvalue weighted by Gasteiger charge is 2.07. The van der Waals surface area contributed by atoms with Gasteiger partial charge in [-0.05, 0) is 28.9 Å². The summed E-state index contributed by atoms with van der Waals surface area (Å²) in [5.41, 5.74) is 0. The maximum Gasteiger partial charge on any atom is 0.208 e. The van der Waals surface area contributed by atoms with Gasteiger partial charge in [0.15, 0.2) is 0 Å². The Labute approximate surface area is 82.7 Å². The summed E-state index contributed by atoms with van der Waals surface area (Å²) in [4.78, 5) is 12.0. The highest BCUT2D eigenvalue weighted by molar-refractivity contribution is 9.10. The van der Waals surface area contributed by atoms with Gasteiger partial charge in [0.05, 0.1) is 0 Å². The van der Waals surface area contributed by atoms with E-state index in [-0.39, 0.29) is 11.5 Å². The summed E-state index contributed by atoms with van der Waals surface area (Å²) in [6.45, 7) is 2.00. The molecule has 0 unspecified atom stereocenters. The van der Waals surface area contributed by atoms with Crippen LogP contribution in [0.2, 0.25) is 0 Å². The van der Waals surface area contributed by atoms with E-state index in [0.717, 1.165) is 9.35 Å². The highest BCUT2D eigenvalue weighted by atomic mass is 79.9. The van der Waals surface area contributed by atoms with Crippen LogP contribution in [0.1, 0.15) is 9.75 Å². The summed E-state index contributed by atoms with van der Waals surface area (Å²) in [5, 5.41) is 10.1. The summed E-state index contributed by atoms with van der Waals surface area (Å²) in [7, 11) is 0. The van der Waals surface area contributed by atoms with Crippen LogP contribution < -0.4 is 0 Å². The number of nitro groups is 1. The third-order valence-electron chi connectivity index (χ3n) is 1.40. The molecule has 5 heteroatoms. The van der Waals surface area contributed by atoms with E-state index < -0.39 is 0 Å². The third-order valence-corrected chi connectivity index (χ3v) is 3.48. The van der Waals surface area contributed by atoms with Gasteiger partial charge in [-0.25, -0.2) is 0 Å². The second kappa shape index (κ2) is 4.00. The topological polar surface area (TPSA) is 43.1 Å². The molecule has 0 amide bonds. The van der Waals surface area contributed by atoms with Gasteiger partial charge in [0.1, 0.15) is 0 Å². The van der Waals surface area contributed by atoms with Gasteiger partial charge in [0, 0.05) is 25.6 Å². The molecule has 1 aromatic rings. The number of halogens is 1. The quantitative estimate of drug-likeness (QED) is 0.611. The summed E-state index contributed by atoms with van der Waals surface area (Å²) in [6.07, 6.45) is 0.520. The van der Waals surface area contributed by atoms with Crippen LogP contribution >= 0.6 is 27.3 Å². The first-order valence-electron chi connectivity index (χ1n) is 3.46. The van der Waals surface area contributed by atoms with Crippen molar-refractivity contribution in [1.82, 2.24) is 0 Å². The molecule has 0 saturated carbocycles. The predicted octanol–water partition coefficient (Wildman–Crippen LogP) is 2.64. The van der Waals surface area contributed by atoms with Gasteiger partial charge in [-0.2, -0.15) is 0 Å². The lowest BCUT2D eigenvalue weighted by molar-refractivity contribution is -0.479. The lowest BCUT2D eigenvalue weighted by atomic mass is 10.3. The average Bonchev–Trinajstić information content (AvgIpc) is 2.26. The molecule has 0 aliphatic rings. The van der Waals surface area contributed by atoms with E-state index in [2.05, 4.69) is 15.9 Å². The first-order valence-corrected chi connectivity index (χ1v) is 5.07.